The van der Waals surface area contributed by atoms with Gasteiger partial charge in [0, 0.05) is 11.4 Å². The van der Waals surface area contributed by atoms with E-state index in [1.54, 1.807) is 24.3 Å². The van der Waals surface area contributed by atoms with E-state index in [9.17, 15) is 13.2 Å². The highest BCUT2D eigenvalue weighted by Gasteiger charge is 2.22. The van der Waals surface area contributed by atoms with Crippen LogP contribution >= 0.6 is 23.8 Å². The normalized spacial score (nSPS) is 11.0. The number of rotatable bonds is 5. The number of benzene rings is 2. The molecular formula is C15H12ClNO4S2. The molecule has 0 bridgehead atoms. The van der Waals surface area contributed by atoms with Crippen molar-refractivity contribution >= 4 is 44.8 Å². The third-order valence-electron chi connectivity index (χ3n) is 2.93. The Bertz CT molecular complexity index is 848. The predicted octanol–water partition coefficient (Wildman–Crippen LogP) is 2.89. The van der Waals surface area contributed by atoms with Crippen molar-refractivity contribution in [2.75, 3.05) is 0 Å². The number of hydrogen-bond acceptors (Lipinski definition) is 4. The smallest absolute Gasteiger partial charge is 0.337 e. The molecule has 2 aromatic rings. The summed E-state index contributed by atoms with van der Waals surface area (Å²) in [5.41, 5.74) is 0.475. The largest absolute Gasteiger partial charge is 0.478 e. The van der Waals surface area contributed by atoms with Gasteiger partial charge < -0.3 is 5.11 Å². The minimum atomic E-state index is -4.06. The average molecular weight is 370 g/mol. The van der Waals surface area contributed by atoms with Gasteiger partial charge in [0.15, 0.2) is 0 Å². The molecule has 8 heteroatoms. The van der Waals surface area contributed by atoms with E-state index in [2.05, 4.69) is 4.72 Å². The molecule has 120 valence electrons. The zero-order chi connectivity index (χ0) is 17.0. The number of carboxylic acid groups (broad SMARTS) is 1. The van der Waals surface area contributed by atoms with E-state index in [4.69, 9.17) is 28.9 Å². The molecule has 0 spiro atoms. The van der Waals surface area contributed by atoms with Gasteiger partial charge in [-0.1, -0.05) is 48.1 Å². The van der Waals surface area contributed by atoms with Crippen molar-refractivity contribution in [1.82, 2.24) is 4.72 Å². The summed E-state index contributed by atoms with van der Waals surface area (Å²) in [6.45, 7) is 0. The highest BCUT2D eigenvalue weighted by Crippen LogP contribution is 2.16. The number of carboxylic acids is 1. The Kier molecular flexibility index (Phi) is 5.35. The minimum Gasteiger partial charge on any atom is -0.478 e. The molecule has 0 aliphatic carbocycles. The maximum atomic E-state index is 12.3. The number of nitrogens with one attached hydrogen (secondary N) is 1. The summed E-state index contributed by atoms with van der Waals surface area (Å²) in [5.74, 6) is -1.32. The van der Waals surface area contributed by atoms with Gasteiger partial charge in [-0.2, -0.15) is 0 Å². The quantitative estimate of drug-likeness (QED) is 0.792. The second-order valence-electron chi connectivity index (χ2n) is 4.63. The van der Waals surface area contributed by atoms with Crippen LogP contribution in [0.3, 0.4) is 0 Å². The van der Waals surface area contributed by atoms with Crippen LogP contribution in [0.15, 0.2) is 53.4 Å². The average Bonchev–Trinajstić information content (AvgIpc) is 2.49. The SMILES string of the molecule is O=C(O)c1ccccc1S(=O)(=O)NC(=S)Cc1ccc(Cl)cc1. The molecule has 0 aliphatic heterocycles. The van der Waals surface area contributed by atoms with Crippen molar-refractivity contribution in [1.29, 1.82) is 0 Å². The van der Waals surface area contributed by atoms with Crippen LogP contribution in [0.2, 0.25) is 5.02 Å². The molecule has 2 rings (SSSR count). The number of carbonyl (C=O) groups is 1. The summed E-state index contributed by atoms with van der Waals surface area (Å²) in [4.78, 5) is 10.9. The highest BCUT2D eigenvalue weighted by molar-refractivity contribution is 7.92. The monoisotopic (exact) mass is 369 g/mol. The van der Waals surface area contributed by atoms with Crippen LogP contribution in [-0.2, 0) is 16.4 Å². The van der Waals surface area contributed by atoms with Crippen molar-refractivity contribution in [3.05, 3.63) is 64.7 Å². The van der Waals surface area contributed by atoms with Crippen LogP contribution < -0.4 is 4.72 Å². The van der Waals surface area contributed by atoms with Gasteiger partial charge >= 0.3 is 5.97 Å². The first-order chi connectivity index (χ1) is 10.8. The van der Waals surface area contributed by atoms with E-state index in [1.165, 1.54) is 24.3 Å². The Morgan fingerprint density at radius 2 is 1.74 bits per heavy atom. The zero-order valence-corrected chi connectivity index (χ0v) is 14.1. The van der Waals surface area contributed by atoms with Crippen LogP contribution in [-0.4, -0.2) is 24.5 Å². The predicted molar refractivity (Wildman–Crippen MR) is 91.5 cm³/mol. The molecule has 2 N–H and O–H groups in total. The molecule has 0 aromatic heterocycles. The number of hydrogen-bond donors (Lipinski definition) is 2. The van der Waals surface area contributed by atoms with E-state index >= 15 is 0 Å². The summed E-state index contributed by atoms with van der Waals surface area (Å²) in [6, 6.07) is 12.2. The van der Waals surface area contributed by atoms with Gasteiger partial charge in [0.25, 0.3) is 10.0 Å². The van der Waals surface area contributed by atoms with Gasteiger partial charge in [0.05, 0.1) is 10.6 Å². The second kappa shape index (κ2) is 7.08. The van der Waals surface area contributed by atoms with Crippen LogP contribution in [0.1, 0.15) is 15.9 Å². The first kappa shape index (κ1) is 17.4. The maximum absolute atomic E-state index is 12.3. The van der Waals surface area contributed by atoms with Crippen LogP contribution in [0.4, 0.5) is 0 Å². The third-order valence-corrected chi connectivity index (χ3v) is 5.01. The molecule has 0 fully saturated rings. The number of aromatic carboxylic acids is 1. The van der Waals surface area contributed by atoms with Gasteiger partial charge in [-0.15, -0.1) is 0 Å². The molecule has 0 radical (unpaired) electrons. The van der Waals surface area contributed by atoms with E-state index in [0.29, 0.717) is 5.02 Å². The number of sulfonamides is 1. The molecule has 0 aliphatic rings. The highest BCUT2D eigenvalue weighted by atomic mass is 35.5. The third kappa shape index (κ3) is 4.51. The molecule has 0 saturated heterocycles. The Morgan fingerprint density at radius 3 is 2.35 bits per heavy atom. The van der Waals surface area contributed by atoms with Crippen molar-refractivity contribution in [3.8, 4) is 0 Å². The summed E-state index contributed by atoms with van der Waals surface area (Å²) >= 11 is 10.8. The van der Waals surface area contributed by atoms with Crippen LogP contribution in [0, 0.1) is 0 Å². The van der Waals surface area contributed by atoms with Crippen molar-refractivity contribution < 1.29 is 18.3 Å². The molecule has 5 nitrogen and oxygen atoms in total. The van der Waals surface area contributed by atoms with Crippen LogP contribution in [0.25, 0.3) is 0 Å². The maximum Gasteiger partial charge on any atom is 0.337 e. The number of halogens is 1. The lowest BCUT2D eigenvalue weighted by atomic mass is 10.1. The van der Waals surface area contributed by atoms with E-state index in [0.717, 1.165) is 5.56 Å². The van der Waals surface area contributed by atoms with Crippen molar-refractivity contribution in [2.45, 2.75) is 11.3 Å². The van der Waals surface area contributed by atoms with Crippen LogP contribution in [0.5, 0.6) is 0 Å². The lowest BCUT2D eigenvalue weighted by Crippen LogP contribution is -2.31. The van der Waals surface area contributed by atoms with Gasteiger partial charge in [-0.05, 0) is 29.8 Å². The van der Waals surface area contributed by atoms with Gasteiger partial charge in [0.2, 0.25) is 0 Å². The fraction of sp³-hybridized carbons (Fsp3) is 0.0667. The fourth-order valence-electron chi connectivity index (χ4n) is 1.91. The fourth-order valence-corrected chi connectivity index (χ4v) is 3.71. The van der Waals surface area contributed by atoms with E-state index in [1.807, 2.05) is 0 Å². The van der Waals surface area contributed by atoms with E-state index < -0.39 is 16.0 Å². The summed E-state index contributed by atoms with van der Waals surface area (Å²) in [6.07, 6.45) is 0.195. The minimum absolute atomic E-state index is 0.0625. The van der Waals surface area contributed by atoms with Gasteiger partial charge in [-0.3, -0.25) is 4.72 Å². The summed E-state index contributed by atoms with van der Waals surface area (Å²) in [7, 11) is -4.06. The molecule has 0 heterocycles. The Balaban J connectivity index is 2.20. The van der Waals surface area contributed by atoms with Gasteiger partial charge in [-0.25, -0.2) is 13.2 Å². The summed E-state index contributed by atoms with van der Waals surface area (Å²) < 4.78 is 26.9. The second-order valence-corrected chi connectivity index (χ2v) is 7.21. The standard InChI is InChI=1S/C15H12ClNO4S2/c16-11-7-5-10(6-8-11)9-14(22)17-23(20,21)13-4-2-1-3-12(13)15(18)19/h1-8H,9H2,(H,17,22)(H,18,19). The lowest BCUT2D eigenvalue weighted by molar-refractivity contribution is 0.0692. The summed E-state index contributed by atoms with van der Waals surface area (Å²) in [5, 5.41) is 9.65. The van der Waals surface area contributed by atoms with Crippen molar-refractivity contribution in [2.24, 2.45) is 0 Å². The first-order valence-corrected chi connectivity index (χ1v) is 8.69. The van der Waals surface area contributed by atoms with Gasteiger partial charge in [0.1, 0.15) is 4.90 Å². The molecule has 0 atom stereocenters. The molecule has 0 amide bonds. The Hall–Kier alpha value is -1.96. The van der Waals surface area contributed by atoms with E-state index in [-0.39, 0.29) is 21.9 Å². The molecule has 0 saturated carbocycles. The van der Waals surface area contributed by atoms with Crippen molar-refractivity contribution in [3.63, 3.8) is 0 Å². The Labute approximate surface area is 144 Å². The molecular weight excluding hydrogens is 358 g/mol. The lowest BCUT2D eigenvalue weighted by Gasteiger charge is -2.11. The topological polar surface area (TPSA) is 83.5 Å². The molecule has 0 unspecified atom stereocenters. The Morgan fingerprint density at radius 1 is 1.13 bits per heavy atom. The zero-order valence-electron chi connectivity index (χ0n) is 11.7. The molecule has 23 heavy (non-hydrogen) atoms. The number of thiocarbonyl (C=S) groups is 1. The molecule has 2 aromatic carbocycles. The first-order valence-electron chi connectivity index (χ1n) is 6.42.